The van der Waals surface area contributed by atoms with Crippen LogP contribution >= 0.6 is 22.9 Å². The second kappa shape index (κ2) is 6.04. The Balaban J connectivity index is 1.70. The maximum absolute atomic E-state index is 5.79. The number of aromatic nitrogens is 1. The Kier molecular flexibility index (Phi) is 4.16. The molecule has 2 nitrogen and oxygen atoms in total. The molecule has 1 aliphatic rings. The fourth-order valence-corrected chi connectivity index (χ4v) is 3.51. The summed E-state index contributed by atoms with van der Waals surface area (Å²) in [6, 6.07) is 8.77. The zero-order chi connectivity index (χ0) is 13.1. The van der Waals surface area contributed by atoms with E-state index in [-0.39, 0.29) is 0 Å². The highest BCUT2D eigenvalue weighted by atomic mass is 35.5. The molecule has 0 unspecified atom stereocenters. The number of hydrogen-bond acceptors (Lipinski definition) is 3. The molecular weight excluding hydrogens is 276 g/mol. The smallest absolute Gasteiger partial charge is 0.123 e. The molecule has 0 atom stereocenters. The number of benzene rings is 1. The number of nitrogens with zero attached hydrogens (tertiary/aromatic N) is 2. The first kappa shape index (κ1) is 13.1. The van der Waals surface area contributed by atoms with Crippen molar-refractivity contribution in [2.24, 2.45) is 0 Å². The van der Waals surface area contributed by atoms with Crippen LogP contribution in [0.2, 0.25) is 0 Å². The van der Waals surface area contributed by atoms with Crippen molar-refractivity contribution in [1.82, 2.24) is 9.88 Å². The van der Waals surface area contributed by atoms with Crippen LogP contribution in [-0.4, -0.2) is 23.0 Å². The van der Waals surface area contributed by atoms with Crippen molar-refractivity contribution in [1.29, 1.82) is 0 Å². The van der Waals surface area contributed by atoms with E-state index in [0.717, 1.165) is 17.2 Å². The molecule has 19 heavy (non-hydrogen) atoms. The number of thiazole rings is 1. The van der Waals surface area contributed by atoms with Crippen molar-refractivity contribution >= 4 is 22.9 Å². The van der Waals surface area contributed by atoms with Crippen LogP contribution in [0.25, 0.3) is 10.6 Å². The van der Waals surface area contributed by atoms with Gasteiger partial charge in [0.05, 0.1) is 11.6 Å². The molecule has 4 heteroatoms. The summed E-state index contributed by atoms with van der Waals surface area (Å²) in [6.45, 7) is 3.56. The maximum atomic E-state index is 5.79. The number of alkyl halides is 1. The van der Waals surface area contributed by atoms with Crippen LogP contribution in [0.5, 0.6) is 0 Å². The van der Waals surface area contributed by atoms with Gasteiger partial charge in [-0.25, -0.2) is 4.98 Å². The van der Waals surface area contributed by atoms with Gasteiger partial charge in [-0.05, 0) is 31.5 Å². The van der Waals surface area contributed by atoms with E-state index in [1.807, 2.05) is 5.38 Å². The normalized spacial score (nSPS) is 16.1. The van der Waals surface area contributed by atoms with Crippen LogP contribution in [0.15, 0.2) is 29.6 Å². The van der Waals surface area contributed by atoms with Crippen LogP contribution in [-0.2, 0) is 12.4 Å². The van der Waals surface area contributed by atoms with Crippen LogP contribution in [0.1, 0.15) is 24.1 Å². The highest BCUT2D eigenvalue weighted by Gasteiger charge is 2.11. The van der Waals surface area contributed by atoms with Crippen LogP contribution in [0.3, 0.4) is 0 Å². The molecule has 0 saturated carbocycles. The van der Waals surface area contributed by atoms with Crippen LogP contribution in [0, 0.1) is 0 Å². The summed E-state index contributed by atoms with van der Waals surface area (Å²) in [5, 5.41) is 3.09. The minimum Gasteiger partial charge on any atom is -0.299 e. The van der Waals surface area contributed by atoms with Gasteiger partial charge in [0, 0.05) is 17.5 Å². The van der Waals surface area contributed by atoms with Crippen molar-refractivity contribution < 1.29 is 0 Å². The Morgan fingerprint density at radius 3 is 2.53 bits per heavy atom. The SMILES string of the molecule is ClCc1csc(-c2ccc(CN3CCCC3)cc2)n1. The lowest BCUT2D eigenvalue weighted by Gasteiger charge is -2.14. The van der Waals surface area contributed by atoms with Gasteiger partial charge in [-0.1, -0.05) is 24.3 Å². The Morgan fingerprint density at radius 1 is 1.16 bits per heavy atom. The summed E-state index contributed by atoms with van der Waals surface area (Å²) in [4.78, 5) is 7.03. The highest BCUT2D eigenvalue weighted by Crippen LogP contribution is 2.25. The Bertz CT molecular complexity index is 529. The molecule has 1 aliphatic heterocycles. The van der Waals surface area contributed by atoms with Gasteiger partial charge in [-0.2, -0.15) is 0 Å². The number of rotatable bonds is 4. The molecule has 2 aromatic rings. The van der Waals surface area contributed by atoms with E-state index in [0.29, 0.717) is 5.88 Å². The van der Waals surface area contributed by atoms with E-state index in [4.69, 9.17) is 11.6 Å². The monoisotopic (exact) mass is 292 g/mol. The third-order valence-electron chi connectivity index (χ3n) is 3.49. The molecule has 0 spiro atoms. The summed E-state index contributed by atoms with van der Waals surface area (Å²) in [6.07, 6.45) is 2.69. The first-order valence-electron chi connectivity index (χ1n) is 6.67. The Morgan fingerprint density at radius 2 is 1.89 bits per heavy atom. The fraction of sp³-hybridized carbons (Fsp3) is 0.400. The van der Waals surface area contributed by atoms with Crippen molar-refractivity contribution in [2.45, 2.75) is 25.3 Å². The lowest BCUT2D eigenvalue weighted by molar-refractivity contribution is 0.331. The van der Waals surface area contributed by atoms with Crippen molar-refractivity contribution in [3.8, 4) is 10.6 Å². The van der Waals surface area contributed by atoms with Gasteiger partial charge in [0.1, 0.15) is 5.01 Å². The summed E-state index contributed by atoms with van der Waals surface area (Å²) in [5.41, 5.74) is 3.54. The molecule has 3 rings (SSSR count). The molecule has 0 bridgehead atoms. The second-order valence-electron chi connectivity index (χ2n) is 4.96. The molecule has 100 valence electrons. The lowest BCUT2D eigenvalue weighted by Crippen LogP contribution is -2.18. The quantitative estimate of drug-likeness (QED) is 0.787. The van der Waals surface area contributed by atoms with Gasteiger partial charge in [-0.3, -0.25) is 4.90 Å². The topological polar surface area (TPSA) is 16.1 Å². The van der Waals surface area contributed by atoms with Gasteiger partial charge in [-0.15, -0.1) is 22.9 Å². The van der Waals surface area contributed by atoms with Gasteiger partial charge in [0.2, 0.25) is 0 Å². The van der Waals surface area contributed by atoms with Gasteiger partial charge >= 0.3 is 0 Å². The fourth-order valence-electron chi connectivity index (χ4n) is 2.45. The van der Waals surface area contributed by atoms with Crippen molar-refractivity contribution in [2.75, 3.05) is 13.1 Å². The zero-order valence-electron chi connectivity index (χ0n) is 10.8. The second-order valence-corrected chi connectivity index (χ2v) is 6.08. The average Bonchev–Trinajstić information content (AvgIpc) is 3.10. The summed E-state index contributed by atoms with van der Waals surface area (Å²) in [7, 11) is 0. The van der Waals surface area contributed by atoms with Crippen molar-refractivity contribution in [3.63, 3.8) is 0 Å². The third kappa shape index (κ3) is 3.16. The van der Waals surface area contributed by atoms with E-state index in [1.54, 1.807) is 11.3 Å². The van der Waals surface area contributed by atoms with E-state index in [2.05, 4.69) is 34.1 Å². The molecule has 0 N–H and O–H groups in total. The van der Waals surface area contributed by atoms with E-state index in [1.165, 1.54) is 37.1 Å². The van der Waals surface area contributed by atoms with Gasteiger partial charge < -0.3 is 0 Å². The minimum atomic E-state index is 0.490. The standard InChI is InChI=1S/C15H17ClN2S/c16-9-14-11-19-15(17-14)13-5-3-12(4-6-13)10-18-7-1-2-8-18/h3-6,11H,1-2,7-10H2. The molecule has 1 aromatic carbocycles. The number of halogens is 1. The van der Waals surface area contributed by atoms with Gasteiger partial charge in [0.15, 0.2) is 0 Å². The third-order valence-corrected chi connectivity index (χ3v) is 4.71. The van der Waals surface area contributed by atoms with Crippen LogP contribution in [0.4, 0.5) is 0 Å². The molecule has 0 radical (unpaired) electrons. The van der Waals surface area contributed by atoms with E-state index < -0.39 is 0 Å². The summed E-state index contributed by atoms with van der Waals surface area (Å²) < 4.78 is 0. The Hall–Kier alpha value is -0.900. The number of likely N-dealkylation sites (tertiary alicyclic amines) is 1. The van der Waals surface area contributed by atoms with Gasteiger partial charge in [0.25, 0.3) is 0 Å². The predicted octanol–water partition coefficient (Wildman–Crippen LogP) is 4.14. The molecule has 0 aliphatic carbocycles. The molecule has 0 amide bonds. The lowest BCUT2D eigenvalue weighted by atomic mass is 10.1. The average molecular weight is 293 g/mol. The van der Waals surface area contributed by atoms with E-state index >= 15 is 0 Å². The highest BCUT2D eigenvalue weighted by molar-refractivity contribution is 7.13. The Labute approximate surface area is 123 Å². The zero-order valence-corrected chi connectivity index (χ0v) is 12.4. The number of hydrogen-bond donors (Lipinski definition) is 0. The first-order valence-corrected chi connectivity index (χ1v) is 8.08. The largest absolute Gasteiger partial charge is 0.299 e. The maximum Gasteiger partial charge on any atom is 0.123 e. The minimum absolute atomic E-state index is 0.490. The molecule has 1 fully saturated rings. The van der Waals surface area contributed by atoms with E-state index in [9.17, 15) is 0 Å². The molecule has 2 heterocycles. The first-order chi connectivity index (χ1) is 9.35. The summed E-state index contributed by atoms with van der Waals surface area (Å²) >= 11 is 7.45. The molecule has 1 saturated heterocycles. The molecular formula is C15H17ClN2S. The molecule has 1 aromatic heterocycles. The summed E-state index contributed by atoms with van der Waals surface area (Å²) in [5.74, 6) is 0.490. The predicted molar refractivity (Wildman–Crippen MR) is 81.6 cm³/mol. The van der Waals surface area contributed by atoms with Crippen molar-refractivity contribution in [3.05, 3.63) is 40.9 Å². The van der Waals surface area contributed by atoms with Crippen LogP contribution < -0.4 is 0 Å².